The van der Waals surface area contributed by atoms with Crippen molar-refractivity contribution in [3.05, 3.63) is 64.8 Å². The molecule has 1 aliphatic rings. The van der Waals surface area contributed by atoms with E-state index < -0.39 is 10.0 Å². The van der Waals surface area contributed by atoms with Gasteiger partial charge in [0.05, 0.1) is 12.3 Å². The summed E-state index contributed by atoms with van der Waals surface area (Å²) in [5.41, 5.74) is 2.12. The summed E-state index contributed by atoms with van der Waals surface area (Å²) < 4.78 is 30.7. The van der Waals surface area contributed by atoms with Crippen molar-refractivity contribution in [2.24, 2.45) is 5.92 Å². The molecule has 0 bridgehead atoms. The van der Waals surface area contributed by atoms with E-state index in [0.29, 0.717) is 11.3 Å². The van der Waals surface area contributed by atoms with E-state index in [1.807, 2.05) is 41.1 Å². The highest BCUT2D eigenvalue weighted by Gasteiger charge is 2.21. The first-order valence-corrected chi connectivity index (χ1v) is 12.7. The molecular formula is C23H25BrN2O3S. The lowest BCUT2D eigenvalue weighted by Crippen LogP contribution is -2.24. The fraction of sp³-hybridized carbons (Fsp3) is 0.348. The number of sulfonamides is 1. The molecule has 1 saturated carbocycles. The SMILES string of the molecule is O=C(Cn1ccc2cc(NS(=O)(=O)CC3CCCCC3)ccc21)c1ccc(Br)cc1. The lowest BCUT2D eigenvalue weighted by Gasteiger charge is -2.21. The maximum absolute atomic E-state index is 12.6. The topological polar surface area (TPSA) is 68.2 Å². The number of nitrogens with one attached hydrogen (secondary N) is 1. The van der Waals surface area contributed by atoms with Crippen molar-refractivity contribution in [3.63, 3.8) is 0 Å². The van der Waals surface area contributed by atoms with Crippen LogP contribution in [0, 0.1) is 5.92 Å². The third kappa shape index (κ3) is 5.13. The highest BCUT2D eigenvalue weighted by Crippen LogP contribution is 2.26. The van der Waals surface area contributed by atoms with Crippen molar-refractivity contribution in [1.82, 2.24) is 4.57 Å². The Bertz CT molecular complexity index is 1150. The van der Waals surface area contributed by atoms with E-state index in [1.54, 1.807) is 18.2 Å². The van der Waals surface area contributed by atoms with Crippen LogP contribution in [0.1, 0.15) is 42.5 Å². The quantitative estimate of drug-likeness (QED) is 0.439. The van der Waals surface area contributed by atoms with E-state index in [9.17, 15) is 13.2 Å². The number of carbonyl (C=O) groups excluding carboxylic acids is 1. The third-order valence-corrected chi connectivity index (χ3v) is 7.69. The minimum atomic E-state index is -3.37. The van der Waals surface area contributed by atoms with E-state index in [4.69, 9.17) is 0 Å². The molecule has 0 radical (unpaired) electrons. The van der Waals surface area contributed by atoms with E-state index in [-0.39, 0.29) is 24.0 Å². The predicted octanol–water partition coefficient (Wildman–Crippen LogP) is 5.61. The number of rotatable bonds is 7. The predicted molar refractivity (Wildman–Crippen MR) is 124 cm³/mol. The zero-order valence-electron chi connectivity index (χ0n) is 16.7. The molecule has 1 fully saturated rings. The summed E-state index contributed by atoms with van der Waals surface area (Å²) in [5.74, 6) is 0.469. The van der Waals surface area contributed by atoms with Gasteiger partial charge in [-0.2, -0.15) is 0 Å². The first kappa shape index (κ1) is 21.1. The highest BCUT2D eigenvalue weighted by molar-refractivity contribution is 9.10. The van der Waals surface area contributed by atoms with Crippen molar-refractivity contribution in [1.29, 1.82) is 0 Å². The number of fused-ring (bicyclic) bond motifs is 1. The van der Waals surface area contributed by atoms with E-state index >= 15 is 0 Å². The molecule has 0 saturated heterocycles. The van der Waals surface area contributed by atoms with Gasteiger partial charge in [0, 0.05) is 32.8 Å². The molecule has 0 aliphatic heterocycles. The number of halogens is 1. The van der Waals surface area contributed by atoms with Gasteiger partial charge in [0.1, 0.15) is 0 Å². The average Bonchev–Trinajstić information content (AvgIpc) is 3.10. The molecule has 2 aromatic carbocycles. The molecule has 3 aromatic rings. The second-order valence-electron chi connectivity index (χ2n) is 8.03. The Morgan fingerprint density at radius 1 is 1.03 bits per heavy atom. The normalized spacial score (nSPS) is 15.4. The van der Waals surface area contributed by atoms with Gasteiger partial charge in [0.15, 0.2) is 5.78 Å². The van der Waals surface area contributed by atoms with E-state index in [1.165, 1.54) is 6.42 Å². The van der Waals surface area contributed by atoms with Crippen LogP contribution in [-0.2, 0) is 16.6 Å². The number of benzene rings is 2. The molecule has 158 valence electrons. The number of Topliss-reactive ketones (excluding diaryl/α,β-unsaturated/α-hetero) is 1. The number of aromatic nitrogens is 1. The first-order chi connectivity index (χ1) is 14.4. The van der Waals surface area contributed by atoms with Gasteiger partial charge in [-0.25, -0.2) is 8.42 Å². The summed E-state index contributed by atoms with van der Waals surface area (Å²) in [6.45, 7) is 0.234. The lowest BCUT2D eigenvalue weighted by molar-refractivity contribution is 0.0973. The molecule has 0 amide bonds. The van der Waals surface area contributed by atoms with Gasteiger partial charge in [0.2, 0.25) is 10.0 Å². The molecule has 1 heterocycles. The van der Waals surface area contributed by atoms with Crippen LogP contribution in [-0.4, -0.2) is 24.5 Å². The van der Waals surface area contributed by atoms with Crippen molar-refractivity contribution < 1.29 is 13.2 Å². The minimum absolute atomic E-state index is 0.0252. The van der Waals surface area contributed by atoms with Crippen LogP contribution in [0.5, 0.6) is 0 Å². The molecule has 7 heteroatoms. The molecule has 0 unspecified atom stereocenters. The van der Waals surface area contributed by atoms with E-state index in [0.717, 1.165) is 41.1 Å². The summed E-state index contributed by atoms with van der Waals surface area (Å²) >= 11 is 3.38. The van der Waals surface area contributed by atoms with Crippen LogP contribution in [0.25, 0.3) is 10.9 Å². The van der Waals surface area contributed by atoms with Crippen LogP contribution in [0.3, 0.4) is 0 Å². The van der Waals surface area contributed by atoms with Crippen molar-refractivity contribution in [2.45, 2.75) is 38.6 Å². The van der Waals surface area contributed by atoms with Crippen LogP contribution in [0.2, 0.25) is 0 Å². The molecule has 0 atom stereocenters. The van der Waals surface area contributed by atoms with Crippen molar-refractivity contribution in [3.8, 4) is 0 Å². The first-order valence-electron chi connectivity index (χ1n) is 10.3. The largest absolute Gasteiger partial charge is 0.340 e. The zero-order chi connectivity index (χ0) is 21.1. The number of hydrogen-bond donors (Lipinski definition) is 1. The number of anilines is 1. The number of nitrogens with zero attached hydrogens (tertiary/aromatic N) is 1. The van der Waals surface area contributed by atoms with Crippen LogP contribution in [0.4, 0.5) is 5.69 Å². The van der Waals surface area contributed by atoms with Crippen LogP contribution in [0.15, 0.2) is 59.2 Å². The van der Waals surface area contributed by atoms with Gasteiger partial charge in [-0.15, -0.1) is 0 Å². The second-order valence-corrected chi connectivity index (χ2v) is 10.7. The van der Waals surface area contributed by atoms with Crippen molar-refractivity contribution >= 4 is 48.3 Å². The molecule has 1 N–H and O–H groups in total. The fourth-order valence-corrected chi connectivity index (χ4v) is 5.96. The number of ketones is 1. The van der Waals surface area contributed by atoms with Gasteiger partial charge in [-0.1, -0.05) is 47.3 Å². The second kappa shape index (κ2) is 8.94. The molecule has 5 nitrogen and oxygen atoms in total. The van der Waals surface area contributed by atoms with Gasteiger partial charge >= 0.3 is 0 Å². The van der Waals surface area contributed by atoms with Gasteiger partial charge in [-0.3, -0.25) is 9.52 Å². The van der Waals surface area contributed by atoms with Crippen LogP contribution >= 0.6 is 15.9 Å². The highest BCUT2D eigenvalue weighted by atomic mass is 79.9. The molecule has 30 heavy (non-hydrogen) atoms. The summed E-state index contributed by atoms with van der Waals surface area (Å²) in [6, 6.07) is 14.7. The summed E-state index contributed by atoms with van der Waals surface area (Å²) in [4.78, 5) is 12.6. The number of carbonyl (C=O) groups is 1. The van der Waals surface area contributed by atoms with Gasteiger partial charge in [0.25, 0.3) is 0 Å². The summed E-state index contributed by atoms with van der Waals surface area (Å²) in [7, 11) is -3.37. The lowest BCUT2D eigenvalue weighted by atomic mass is 9.91. The van der Waals surface area contributed by atoms with Gasteiger partial charge in [-0.05, 0) is 55.2 Å². The molecule has 4 rings (SSSR count). The monoisotopic (exact) mass is 488 g/mol. The van der Waals surface area contributed by atoms with Crippen molar-refractivity contribution in [2.75, 3.05) is 10.5 Å². The number of hydrogen-bond acceptors (Lipinski definition) is 3. The standard InChI is InChI=1S/C23H25BrN2O3S/c24-20-8-6-18(7-9-20)23(27)15-26-13-12-19-14-21(10-11-22(19)26)25-30(28,29)16-17-4-2-1-3-5-17/h6-14,17,25H,1-5,15-16H2. The fourth-order valence-electron chi connectivity index (χ4n) is 4.17. The molecule has 1 aliphatic carbocycles. The maximum Gasteiger partial charge on any atom is 0.232 e. The minimum Gasteiger partial charge on any atom is -0.340 e. The Labute approximate surface area is 185 Å². The summed E-state index contributed by atoms with van der Waals surface area (Å²) in [5, 5.41) is 0.900. The third-order valence-electron chi connectivity index (χ3n) is 5.70. The van der Waals surface area contributed by atoms with E-state index in [2.05, 4.69) is 20.7 Å². The zero-order valence-corrected chi connectivity index (χ0v) is 19.1. The van der Waals surface area contributed by atoms with Crippen LogP contribution < -0.4 is 4.72 Å². The smallest absolute Gasteiger partial charge is 0.232 e. The summed E-state index contributed by atoms with van der Waals surface area (Å²) in [6.07, 6.45) is 7.31. The molecule has 1 aromatic heterocycles. The van der Waals surface area contributed by atoms with Gasteiger partial charge < -0.3 is 4.57 Å². The Morgan fingerprint density at radius 3 is 2.50 bits per heavy atom. The Balaban J connectivity index is 1.46. The molecular weight excluding hydrogens is 464 g/mol. The molecule has 0 spiro atoms. The Kier molecular flexibility index (Phi) is 6.29. The average molecular weight is 489 g/mol. The maximum atomic E-state index is 12.6. The Hall–Kier alpha value is -2.12. The Morgan fingerprint density at radius 2 is 1.77 bits per heavy atom.